The van der Waals surface area contributed by atoms with E-state index >= 15 is 0 Å². The van der Waals surface area contributed by atoms with Crippen LogP contribution in [0.3, 0.4) is 0 Å². The summed E-state index contributed by atoms with van der Waals surface area (Å²) < 4.78 is 4.88. The van der Waals surface area contributed by atoms with Crippen molar-refractivity contribution in [3.8, 4) is 0 Å². The fraction of sp³-hybridized carbons (Fsp3) is 0.909. The van der Waals surface area contributed by atoms with Crippen LogP contribution in [0.4, 0.5) is 0 Å². The molecule has 1 atom stereocenters. The number of hydrogen-bond acceptors (Lipinski definition) is 3. The molecule has 1 unspecified atom stereocenters. The lowest BCUT2D eigenvalue weighted by atomic mass is 9.94. The number of carbonyl (C=O) groups is 1. The fourth-order valence-electron chi connectivity index (χ4n) is 1.94. The van der Waals surface area contributed by atoms with E-state index in [0.29, 0.717) is 13.0 Å². The van der Waals surface area contributed by atoms with Gasteiger partial charge in [-0.3, -0.25) is 4.79 Å². The third-order valence-corrected chi connectivity index (χ3v) is 2.70. The summed E-state index contributed by atoms with van der Waals surface area (Å²) in [6.07, 6.45) is 5.32. The van der Waals surface area contributed by atoms with Gasteiger partial charge >= 0.3 is 5.97 Å². The second-order valence-corrected chi connectivity index (χ2v) is 3.91. The number of ether oxygens (including phenoxy) is 1. The van der Waals surface area contributed by atoms with Crippen LogP contribution < -0.4 is 5.32 Å². The minimum Gasteiger partial charge on any atom is -0.466 e. The molecule has 1 saturated heterocycles. The Kier molecular flexibility index (Phi) is 5.60. The van der Waals surface area contributed by atoms with Gasteiger partial charge in [-0.2, -0.15) is 0 Å². The Morgan fingerprint density at radius 2 is 2.43 bits per heavy atom. The molecule has 0 spiro atoms. The van der Waals surface area contributed by atoms with E-state index < -0.39 is 0 Å². The zero-order valence-electron chi connectivity index (χ0n) is 9.05. The Labute approximate surface area is 86.2 Å². The smallest absolute Gasteiger partial charge is 0.305 e. The van der Waals surface area contributed by atoms with E-state index in [2.05, 4.69) is 5.32 Å². The molecule has 1 aliphatic rings. The van der Waals surface area contributed by atoms with Gasteiger partial charge in [0.1, 0.15) is 0 Å². The summed E-state index contributed by atoms with van der Waals surface area (Å²) in [7, 11) is 0. The number of nitrogens with one attached hydrogen (secondary N) is 1. The van der Waals surface area contributed by atoms with Gasteiger partial charge in [0.05, 0.1) is 6.61 Å². The highest BCUT2D eigenvalue weighted by Crippen LogP contribution is 2.16. The SMILES string of the molecule is CCOC(=O)CCCC1CCCNC1. The van der Waals surface area contributed by atoms with Gasteiger partial charge in [0, 0.05) is 6.42 Å². The first kappa shape index (κ1) is 11.5. The van der Waals surface area contributed by atoms with Crippen LogP contribution in [0.2, 0.25) is 0 Å². The average molecular weight is 199 g/mol. The summed E-state index contributed by atoms with van der Waals surface area (Å²) >= 11 is 0. The maximum atomic E-state index is 11.0. The number of carbonyl (C=O) groups excluding carboxylic acids is 1. The lowest BCUT2D eigenvalue weighted by Gasteiger charge is -2.22. The zero-order valence-corrected chi connectivity index (χ0v) is 9.05. The topological polar surface area (TPSA) is 38.3 Å². The van der Waals surface area contributed by atoms with Crippen LogP contribution >= 0.6 is 0 Å². The van der Waals surface area contributed by atoms with Crippen molar-refractivity contribution in [3.63, 3.8) is 0 Å². The van der Waals surface area contributed by atoms with Crippen molar-refractivity contribution in [2.75, 3.05) is 19.7 Å². The molecule has 0 aromatic heterocycles. The molecule has 0 bridgehead atoms. The normalized spacial score (nSPS) is 21.9. The van der Waals surface area contributed by atoms with Crippen molar-refractivity contribution in [2.24, 2.45) is 5.92 Å². The molecule has 1 aliphatic heterocycles. The minimum atomic E-state index is -0.0451. The Morgan fingerprint density at radius 1 is 1.57 bits per heavy atom. The molecule has 1 heterocycles. The molecule has 0 aromatic carbocycles. The zero-order chi connectivity index (χ0) is 10.2. The molecule has 0 radical (unpaired) electrons. The number of esters is 1. The summed E-state index contributed by atoms with van der Waals surface area (Å²) in [5.41, 5.74) is 0. The predicted molar refractivity (Wildman–Crippen MR) is 56.1 cm³/mol. The van der Waals surface area contributed by atoms with Gasteiger partial charge in [0.2, 0.25) is 0 Å². The second-order valence-electron chi connectivity index (χ2n) is 3.91. The Hall–Kier alpha value is -0.570. The van der Waals surface area contributed by atoms with E-state index in [0.717, 1.165) is 31.8 Å². The molecule has 3 nitrogen and oxygen atoms in total. The van der Waals surface area contributed by atoms with Gasteiger partial charge < -0.3 is 10.1 Å². The average Bonchev–Trinajstić information content (AvgIpc) is 2.20. The van der Waals surface area contributed by atoms with Gasteiger partial charge in [-0.05, 0) is 51.6 Å². The van der Waals surface area contributed by atoms with E-state index in [1.807, 2.05) is 6.92 Å². The van der Waals surface area contributed by atoms with Crippen molar-refractivity contribution in [1.29, 1.82) is 0 Å². The first-order chi connectivity index (χ1) is 6.83. The molecule has 82 valence electrons. The summed E-state index contributed by atoms with van der Waals surface area (Å²) in [6, 6.07) is 0. The molecule has 0 aliphatic carbocycles. The lowest BCUT2D eigenvalue weighted by molar-refractivity contribution is -0.143. The number of hydrogen-bond donors (Lipinski definition) is 1. The van der Waals surface area contributed by atoms with Crippen LogP contribution in [0.15, 0.2) is 0 Å². The van der Waals surface area contributed by atoms with Crippen LogP contribution in [0.1, 0.15) is 39.0 Å². The van der Waals surface area contributed by atoms with Crippen LogP contribution in [-0.4, -0.2) is 25.7 Å². The molecule has 0 saturated carbocycles. The molecule has 1 N–H and O–H groups in total. The van der Waals surface area contributed by atoms with Crippen LogP contribution in [0.5, 0.6) is 0 Å². The van der Waals surface area contributed by atoms with Gasteiger partial charge in [-0.25, -0.2) is 0 Å². The monoisotopic (exact) mass is 199 g/mol. The molecule has 0 aromatic rings. The molecule has 1 fully saturated rings. The van der Waals surface area contributed by atoms with Crippen molar-refractivity contribution in [1.82, 2.24) is 5.32 Å². The predicted octanol–water partition coefficient (Wildman–Crippen LogP) is 1.72. The molecule has 14 heavy (non-hydrogen) atoms. The van der Waals surface area contributed by atoms with E-state index in [1.165, 1.54) is 12.8 Å². The summed E-state index contributed by atoms with van der Waals surface area (Å²) in [5, 5.41) is 3.38. The van der Waals surface area contributed by atoms with Gasteiger partial charge in [-0.15, -0.1) is 0 Å². The molecule has 0 amide bonds. The van der Waals surface area contributed by atoms with Crippen molar-refractivity contribution in [2.45, 2.75) is 39.0 Å². The third kappa shape index (κ3) is 4.61. The minimum absolute atomic E-state index is 0.0451. The standard InChI is InChI=1S/C11H21NO2/c1-2-14-11(13)7-3-5-10-6-4-8-12-9-10/h10,12H,2-9H2,1H3. The summed E-state index contributed by atoms with van der Waals surface area (Å²) in [5.74, 6) is 0.731. The lowest BCUT2D eigenvalue weighted by Crippen LogP contribution is -2.29. The van der Waals surface area contributed by atoms with Gasteiger partial charge in [0.25, 0.3) is 0 Å². The van der Waals surface area contributed by atoms with Crippen LogP contribution in [-0.2, 0) is 9.53 Å². The van der Waals surface area contributed by atoms with E-state index in [4.69, 9.17) is 4.74 Å². The molecule has 1 rings (SSSR count). The Balaban J connectivity index is 1.99. The largest absolute Gasteiger partial charge is 0.466 e. The van der Waals surface area contributed by atoms with E-state index in [-0.39, 0.29) is 5.97 Å². The quantitative estimate of drug-likeness (QED) is 0.685. The highest BCUT2D eigenvalue weighted by atomic mass is 16.5. The van der Waals surface area contributed by atoms with E-state index in [9.17, 15) is 4.79 Å². The maximum Gasteiger partial charge on any atom is 0.305 e. The Morgan fingerprint density at radius 3 is 3.07 bits per heavy atom. The first-order valence-electron chi connectivity index (χ1n) is 5.69. The third-order valence-electron chi connectivity index (χ3n) is 2.70. The molecular formula is C11H21NO2. The number of piperidine rings is 1. The van der Waals surface area contributed by atoms with Crippen LogP contribution in [0, 0.1) is 5.92 Å². The summed E-state index contributed by atoms with van der Waals surface area (Å²) in [6.45, 7) is 4.64. The van der Waals surface area contributed by atoms with Crippen molar-refractivity contribution in [3.05, 3.63) is 0 Å². The van der Waals surface area contributed by atoms with Gasteiger partial charge in [-0.1, -0.05) is 0 Å². The Bertz CT molecular complexity index is 165. The van der Waals surface area contributed by atoms with E-state index in [1.54, 1.807) is 0 Å². The maximum absolute atomic E-state index is 11.0. The molecular weight excluding hydrogens is 178 g/mol. The van der Waals surface area contributed by atoms with Crippen molar-refractivity contribution < 1.29 is 9.53 Å². The number of rotatable bonds is 5. The first-order valence-corrected chi connectivity index (χ1v) is 5.69. The van der Waals surface area contributed by atoms with Crippen LogP contribution in [0.25, 0.3) is 0 Å². The summed E-state index contributed by atoms with van der Waals surface area (Å²) in [4.78, 5) is 11.0. The second kappa shape index (κ2) is 6.82. The highest BCUT2D eigenvalue weighted by Gasteiger charge is 2.13. The van der Waals surface area contributed by atoms with Gasteiger partial charge in [0.15, 0.2) is 0 Å². The van der Waals surface area contributed by atoms with Crippen molar-refractivity contribution >= 4 is 5.97 Å². The highest BCUT2D eigenvalue weighted by molar-refractivity contribution is 5.69. The fourth-order valence-corrected chi connectivity index (χ4v) is 1.94. The molecule has 3 heteroatoms.